The van der Waals surface area contributed by atoms with E-state index in [1.165, 1.54) is 13.0 Å². The first kappa shape index (κ1) is 16.2. The van der Waals surface area contributed by atoms with Gasteiger partial charge >= 0.3 is 0 Å². The molecule has 0 aliphatic carbocycles. The average molecular weight is 285 g/mol. The lowest BCUT2D eigenvalue weighted by Crippen LogP contribution is -2.24. The summed E-state index contributed by atoms with van der Waals surface area (Å²) in [6.45, 7) is 10.8. The van der Waals surface area contributed by atoms with Crippen molar-refractivity contribution < 1.29 is 0 Å². The van der Waals surface area contributed by atoms with E-state index in [0.717, 1.165) is 44.1 Å². The van der Waals surface area contributed by atoms with E-state index in [2.05, 4.69) is 34.0 Å². The minimum Gasteiger partial charge on any atom is -0.370 e. The van der Waals surface area contributed by atoms with Gasteiger partial charge in [-0.1, -0.05) is 32.4 Å². The van der Waals surface area contributed by atoms with Crippen LogP contribution in [0.3, 0.4) is 0 Å². The van der Waals surface area contributed by atoms with Crippen LogP contribution < -0.4 is 5.32 Å². The van der Waals surface area contributed by atoms with E-state index in [4.69, 9.17) is 11.6 Å². The topological polar surface area (TPSA) is 41.1 Å². The third-order valence-corrected chi connectivity index (χ3v) is 3.35. The van der Waals surface area contributed by atoms with E-state index in [-0.39, 0.29) is 0 Å². The molecule has 0 aliphatic heterocycles. The van der Waals surface area contributed by atoms with Crippen molar-refractivity contribution in [2.75, 3.05) is 31.5 Å². The zero-order chi connectivity index (χ0) is 14.1. The fourth-order valence-electron chi connectivity index (χ4n) is 1.93. The molecule has 0 radical (unpaired) electrons. The molecule has 0 amide bonds. The molecule has 0 saturated heterocycles. The summed E-state index contributed by atoms with van der Waals surface area (Å²) in [6.07, 6.45) is 3.14. The van der Waals surface area contributed by atoms with Crippen LogP contribution in [0.1, 0.15) is 39.4 Å². The molecular weight excluding hydrogens is 260 g/mol. The van der Waals surface area contributed by atoms with E-state index in [9.17, 15) is 0 Å². The van der Waals surface area contributed by atoms with Crippen molar-refractivity contribution >= 4 is 17.4 Å². The molecule has 1 heterocycles. The summed E-state index contributed by atoms with van der Waals surface area (Å²) in [6, 6.07) is 1.78. The molecule has 0 aliphatic rings. The van der Waals surface area contributed by atoms with Gasteiger partial charge in [-0.2, -0.15) is 0 Å². The molecule has 0 bridgehead atoms. The van der Waals surface area contributed by atoms with E-state index in [0.29, 0.717) is 5.15 Å². The molecule has 0 saturated carbocycles. The highest BCUT2D eigenvalue weighted by Gasteiger charge is 2.02. The Bertz CT molecular complexity index is 366. The van der Waals surface area contributed by atoms with Gasteiger partial charge < -0.3 is 10.2 Å². The summed E-state index contributed by atoms with van der Waals surface area (Å²) in [5, 5.41) is 3.83. The lowest BCUT2D eigenvalue weighted by atomic mass is 10.3. The van der Waals surface area contributed by atoms with Crippen LogP contribution in [-0.2, 0) is 6.42 Å². The maximum Gasteiger partial charge on any atom is 0.134 e. The maximum absolute atomic E-state index is 5.95. The largest absolute Gasteiger partial charge is 0.370 e. The first-order chi connectivity index (χ1) is 9.19. The Morgan fingerprint density at radius 1 is 1.16 bits per heavy atom. The van der Waals surface area contributed by atoms with Gasteiger partial charge in [0.1, 0.15) is 16.8 Å². The lowest BCUT2D eigenvalue weighted by Gasteiger charge is -2.17. The first-order valence-electron chi connectivity index (χ1n) is 7.19. The zero-order valence-electron chi connectivity index (χ0n) is 12.2. The Balaban J connectivity index is 2.27. The summed E-state index contributed by atoms with van der Waals surface area (Å²) in [5.41, 5.74) is 0. The Morgan fingerprint density at radius 3 is 2.53 bits per heavy atom. The van der Waals surface area contributed by atoms with Gasteiger partial charge in [0.05, 0.1) is 0 Å². The summed E-state index contributed by atoms with van der Waals surface area (Å²) in [5.74, 6) is 1.62. The monoisotopic (exact) mass is 284 g/mol. The first-order valence-corrected chi connectivity index (χ1v) is 7.57. The standard InChI is InChI=1S/C14H25ClN4/c1-4-13-17-12(15)11-14(18-13)16-9-7-8-10-19(5-2)6-3/h11H,4-10H2,1-3H3,(H,16,17,18). The van der Waals surface area contributed by atoms with Crippen LogP contribution in [0.5, 0.6) is 0 Å². The van der Waals surface area contributed by atoms with Gasteiger partial charge in [0.15, 0.2) is 0 Å². The molecule has 5 heteroatoms. The Kier molecular flexibility index (Phi) is 7.75. The van der Waals surface area contributed by atoms with Crippen LogP contribution in [0.25, 0.3) is 0 Å². The minimum absolute atomic E-state index is 0.512. The summed E-state index contributed by atoms with van der Waals surface area (Å²) in [7, 11) is 0. The number of unbranched alkanes of at least 4 members (excludes halogenated alkanes) is 1. The van der Waals surface area contributed by atoms with Crippen molar-refractivity contribution in [2.24, 2.45) is 0 Å². The molecule has 1 aromatic rings. The van der Waals surface area contributed by atoms with Crippen LogP contribution >= 0.6 is 11.6 Å². The molecular formula is C14H25ClN4. The normalized spacial score (nSPS) is 11.0. The van der Waals surface area contributed by atoms with Crippen molar-refractivity contribution in [2.45, 2.75) is 40.0 Å². The van der Waals surface area contributed by atoms with E-state index in [1.54, 1.807) is 6.07 Å². The number of halogens is 1. The molecule has 0 atom stereocenters. The van der Waals surface area contributed by atoms with Gasteiger partial charge in [-0.25, -0.2) is 9.97 Å². The molecule has 0 aromatic carbocycles. The Morgan fingerprint density at radius 2 is 1.89 bits per heavy atom. The van der Waals surface area contributed by atoms with E-state index < -0.39 is 0 Å². The molecule has 1 N–H and O–H groups in total. The minimum atomic E-state index is 0.512. The molecule has 108 valence electrons. The highest BCUT2D eigenvalue weighted by atomic mass is 35.5. The summed E-state index contributed by atoms with van der Waals surface area (Å²) < 4.78 is 0. The van der Waals surface area contributed by atoms with Crippen LogP contribution in [0, 0.1) is 0 Å². The molecule has 0 fully saturated rings. The maximum atomic E-state index is 5.95. The molecule has 0 unspecified atom stereocenters. The Labute approximate surface area is 121 Å². The van der Waals surface area contributed by atoms with Gasteiger partial charge in [0, 0.05) is 19.0 Å². The molecule has 1 rings (SSSR count). The highest BCUT2D eigenvalue weighted by molar-refractivity contribution is 6.29. The molecule has 4 nitrogen and oxygen atoms in total. The molecule has 1 aromatic heterocycles. The van der Waals surface area contributed by atoms with Gasteiger partial charge in [-0.3, -0.25) is 0 Å². The highest BCUT2D eigenvalue weighted by Crippen LogP contribution is 2.12. The van der Waals surface area contributed by atoms with Crippen molar-refractivity contribution in [3.05, 3.63) is 17.0 Å². The van der Waals surface area contributed by atoms with Crippen molar-refractivity contribution in [3.8, 4) is 0 Å². The van der Waals surface area contributed by atoms with E-state index >= 15 is 0 Å². The Hall–Kier alpha value is -0.870. The van der Waals surface area contributed by atoms with Crippen molar-refractivity contribution in [1.82, 2.24) is 14.9 Å². The summed E-state index contributed by atoms with van der Waals surface area (Å²) in [4.78, 5) is 11.0. The summed E-state index contributed by atoms with van der Waals surface area (Å²) >= 11 is 5.95. The number of nitrogens with zero attached hydrogens (tertiary/aromatic N) is 3. The second-order valence-electron chi connectivity index (χ2n) is 4.51. The van der Waals surface area contributed by atoms with Crippen LogP contribution in [-0.4, -0.2) is 41.0 Å². The number of hydrogen-bond donors (Lipinski definition) is 1. The van der Waals surface area contributed by atoms with Crippen LogP contribution in [0.2, 0.25) is 5.15 Å². The van der Waals surface area contributed by atoms with Gasteiger partial charge in [-0.05, 0) is 32.5 Å². The van der Waals surface area contributed by atoms with Crippen LogP contribution in [0.4, 0.5) is 5.82 Å². The number of rotatable bonds is 9. The average Bonchev–Trinajstić information content (AvgIpc) is 2.42. The quantitative estimate of drug-likeness (QED) is 0.558. The smallest absolute Gasteiger partial charge is 0.134 e. The van der Waals surface area contributed by atoms with Gasteiger partial charge in [0.2, 0.25) is 0 Å². The van der Waals surface area contributed by atoms with E-state index in [1.807, 2.05) is 6.92 Å². The van der Waals surface area contributed by atoms with Gasteiger partial charge in [0.25, 0.3) is 0 Å². The fourth-order valence-corrected chi connectivity index (χ4v) is 2.13. The van der Waals surface area contributed by atoms with Crippen molar-refractivity contribution in [1.29, 1.82) is 0 Å². The SMILES string of the molecule is CCc1nc(Cl)cc(NCCCCN(CC)CC)n1. The number of aromatic nitrogens is 2. The second kappa shape index (κ2) is 9.10. The molecule has 0 spiro atoms. The van der Waals surface area contributed by atoms with Crippen molar-refractivity contribution in [3.63, 3.8) is 0 Å². The lowest BCUT2D eigenvalue weighted by molar-refractivity contribution is 0.298. The predicted molar refractivity (Wildman–Crippen MR) is 81.9 cm³/mol. The second-order valence-corrected chi connectivity index (χ2v) is 4.89. The zero-order valence-corrected chi connectivity index (χ0v) is 13.0. The molecule has 19 heavy (non-hydrogen) atoms. The number of hydrogen-bond acceptors (Lipinski definition) is 4. The number of anilines is 1. The third kappa shape index (κ3) is 6.21. The number of nitrogens with one attached hydrogen (secondary N) is 1. The third-order valence-electron chi connectivity index (χ3n) is 3.16. The van der Waals surface area contributed by atoms with Gasteiger partial charge in [-0.15, -0.1) is 0 Å². The number of aryl methyl sites for hydroxylation is 1. The predicted octanol–water partition coefficient (Wildman–Crippen LogP) is 3.23. The van der Waals surface area contributed by atoms with Crippen LogP contribution in [0.15, 0.2) is 6.07 Å². The fraction of sp³-hybridized carbons (Fsp3) is 0.714.